The molecule has 0 aliphatic carbocycles. The zero-order valence-corrected chi connectivity index (χ0v) is 10.9. The molecule has 1 atom stereocenters. The lowest BCUT2D eigenvalue weighted by molar-refractivity contribution is 0.385. The largest absolute Gasteiger partial charge is 0.494 e. The fraction of sp³-hybridized carbons (Fsp3) is 0.571. The summed E-state index contributed by atoms with van der Waals surface area (Å²) in [6.45, 7) is 2.18. The van der Waals surface area contributed by atoms with Crippen LogP contribution in [-0.2, 0) is 6.42 Å². The van der Waals surface area contributed by atoms with Gasteiger partial charge in [-0.1, -0.05) is 25.8 Å². The van der Waals surface area contributed by atoms with Gasteiger partial charge < -0.3 is 10.1 Å². The van der Waals surface area contributed by atoms with Crippen molar-refractivity contribution in [2.24, 2.45) is 0 Å². The highest BCUT2D eigenvalue weighted by Crippen LogP contribution is 2.19. The maximum Gasteiger partial charge on any atom is 0.165 e. The molecular weight excluding hydrogens is 217 g/mol. The number of benzene rings is 1. The molecule has 3 heteroatoms. The van der Waals surface area contributed by atoms with E-state index in [-0.39, 0.29) is 5.82 Å². The Kier molecular flexibility index (Phi) is 5.98. The van der Waals surface area contributed by atoms with Crippen LogP contribution in [-0.4, -0.2) is 20.2 Å². The van der Waals surface area contributed by atoms with Gasteiger partial charge in [0, 0.05) is 6.04 Å². The quantitative estimate of drug-likeness (QED) is 0.789. The summed E-state index contributed by atoms with van der Waals surface area (Å²) in [5.41, 5.74) is 1.01. The van der Waals surface area contributed by atoms with E-state index < -0.39 is 0 Å². The van der Waals surface area contributed by atoms with Crippen molar-refractivity contribution in [1.29, 1.82) is 0 Å². The van der Waals surface area contributed by atoms with E-state index in [2.05, 4.69) is 12.2 Å². The molecule has 1 unspecified atom stereocenters. The van der Waals surface area contributed by atoms with Gasteiger partial charge in [-0.05, 0) is 37.6 Å². The second-order valence-electron chi connectivity index (χ2n) is 4.30. The van der Waals surface area contributed by atoms with Gasteiger partial charge in [0.2, 0.25) is 0 Å². The third-order valence-electron chi connectivity index (χ3n) is 3.01. The monoisotopic (exact) mass is 239 g/mol. The third-order valence-corrected chi connectivity index (χ3v) is 3.01. The molecule has 1 aromatic carbocycles. The van der Waals surface area contributed by atoms with Crippen LogP contribution in [0, 0.1) is 5.82 Å². The minimum atomic E-state index is -0.282. The predicted octanol–water partition coefficient (Wildman–Crippen LogP) is 3.16. The number of unbranched alkanes of at least 4 members (excludes halogenated alkanes) is 1. The van der Waals surface area contributed by atoms with Crippen molar-refractivity contribution in [2.75, 3.05) is 14.2 Å². The molecule has 0 aromatic heterocycles. The first kappa shape index (κ1) is 14.0. The number of likely N-dealkylation sites (N-methyl/N-ethyl adjacent to an activating group) is 1. The molecule has 0 aliphatic heterocycles. The van der Waals surface area contributed by atoms with Gasteiger partial charge in [0.05, 0.1) is 7.11 Å². The van der Waals surface area contributed by atoms with Crippen molar-refractivity contribution in [3.8, 4) is 5.75 Å². The summed E-state index contributed by atoms with van der Waals surface area (Å²) < 4.78 is 18.4. The van der Waals surface area contributed by atoms with Gasteiger partial charge in [-0.25, -0.2) is 4.39 Å². The molecule has 2 nitrogen and oxygen atoms in total. The van der Waals surface area contributed by atoms with Crippen molar-refractivity contribution in [1.82, 2.24) is 5.32 Å². The van der Waals surface area contributed by atoms with Gasteiger partial charge in [0.15, 0.2) is 11.6 Å². The molecule has 0 aliphatic rings. The van der Waals surface area contributed by atoms with Crippen molar-refractivity contribution in [2.45, 2.75) is 38.6 Å². The van der Waals surface area contributed by atoms with E-state index in [0.29, 0.717) is 11.8 Å². The average molecular weight is 239 g/mol. The number of ether oxygens (including phenoxy) is 1. The molecule has 0 saturated heterocycles. The number of hydrogen-bond acceptors (Lipinski definition) is 2. The van der Waals surface area contributed by atoms with E-state index >= 15 is 0 Å². The molecule has 96 valence electrons. The van der Waals surface area contributed by atoms with E-state index in [1.165, 1.54) is 20.0 Å². The molecule has 1 rings (SSSR count). The standard InChI is InChI=1S/C14H22FNO/c1-4-5-6-12(16-2)9-11-7-8-14(17-3)13(15)10-11/h7-8,10,12,16H,4-6,9H2,1-3H3. The van der Waals surface area contributed by atoms with Crippen LogP contribution in [0.3, 0.4) is 0 Å². The van der Waals surface area contributed by atoms with Crippen LogP contribution in [0.1, 0.15) is 31.7 Å². The highest BCUT2D eigenvalue weighted by Gasteiger charge is 2.09. The molecule has 0 fully saturated rings. The van der Waals surface area contributed by atoms with Crippen LogP contribution in [0.5, 0.6) is 5.75 Å². The molecule has 0 heterocycles. The number of rotatable bonds is 7. The minimum Gasteiger partial charge on any atom is -0.494 e. The Hall–Kier alpha value is -1.09. The predicted molar refractivity (Wildman–Crippen MR) is 69.0 cm³/mol. The molecule has 1 aromatic rings. The van der Waals surface area contributed by atoms with Gasteiger partial charge in [0.25, 0.3) is 0 Å². The number of nitrogens with one attached hydrogen (secondary N) is 1. The van der Waals surface area contributed by atoms with Crippen LogP contribution in [0.2, 0.25) is 0 Å². The molecule has 0 bridgehead atoms. The Labute approximate surface area is 103 Å². The molecule has 0 radical (unpaired) electrons. The third kappa shape index (κ3) is 4.35. The van der Waals surface area contributed by atoms with Crippen molar-refractivity contribution in [3.63, 3.8) is 0 Å². The van der Waals surface area contributed by atoms with Crippen molar-refractivity contribution in [3.05, 3.63) is 29.6 Å². The summed E-state index contributed by atoms with van der Waals surface area (Å²) in [6, 6.07) is 5.60. The van der Waals surface area contributed by atoms with Gasteiger partial charge >= 0.3 is 0 Å². The Morgan fingerprint density at radius 2 is 2.18 bits per heavy atom. The van der Waals surface area contributed by atoms with E-state index in [4.69, 9.17) is 4.74 Å². The number of methoxy groups -OCH3 is 1. The van der Waals surface area contributed by atoms with Gasteiger partial charge in [-0.2, -0.15) is 0 Å². The second-order valence-corrected chi connectivity index (χ2v) is 4.30. The van der Waals surface area contributed by atoms with Crippen LogP contribution < -0.4 is 10.1 Å². The first-order chi connectivity index (χ1) is 8.21. The maximum absolute atomic E-state index is 13.5. The topological polar surface area (TPSA) is 21.3 Å². The zero-order chi connectivity index (χ0) is 12.7. The molecule has 0 spiro atoms. The molecule has 1 N–H and O–H groups in total. The van der Waals surface area contributed by atoms with Gasteiger partial charge in [-0.3, -0.25) is 0 Å². The van der Waals surface area contributed by atoms with Crippen LogP contribution in [0.4, 0.5) is 4.39 Å². The Bertz CT molecular complexity index is 341. The molecule has 0 amide bonds. The van der Waals surface area contributed by atoms with Gasteiger partial charge in [-0.15, -0.1) is 0 Å². The SMILES string of the molecule is CCCCC(Cc1ccc(OC)c(F)c1)NC. The Morgan fingerprint density at radius 3 is 2.71 bits per heavy atom. The van der Waals surface area contributed by atoms with E-state index in [1.54, 1.807) is 12.1 Å². The van der Waals surface area contributed by atoms with Crippen molar-refractivity contribution >= 4 is 0 Å². The number of halogens is 1. The fourth-order valence-corrected chi connectivity index (χ4v) is 1.92. The highest BCUT2D eigenvalue weighted by molar-refractivity contribution is 5.29. The second kappa shape index (κ2) is 7.28. The Morgan fingerprint density at radius 1 is 1.41 bits per heavy atom. The first-order valence-electron chi connectivity index (χ1n) is 6.21. The number of hydrogen-bond donors (Lipinski definition) is 1. The summed E-state index contributed by atoms with van der Waals surface area (Å²) in [5, 5.41) is 3.28. The molecule has 17 heavy (non-hydrogen) atoms. The Balaban J connectivity index is 2.63. The van der Waals surface area contributed by atoms with Crippen LogP contribution in [0.25, 0.3) is 0 Å². The summed E-state index contributed by atoms with van der Waals surface area (Å²) in [7, 11) is 3.44. The molecular formula is C14H22FNO. The van der Waals surface area contributed by atoms with Crippen LogP contribution >= 0.6 is 0 Å². The maximum atomic E-state index is 13.5. The lowest BCUT2D eigenvalue weighted by Gasteiger charge is -2.16. The van der Waals surface area contributed by atoms with Crippen LogP contribution in [0.15, 0.2) is 18.2 Å². The fourth-order valence-electron chi connectivity index (χ4n) is 1.92. The first-order valence-corrected chi connectivity index (χ1v) is 6.21. The van der Waals surface area contributed by atoms with Gasteiger partial charge in [0.1, 0.15) is 0 Å². The highest BCUT2D eigenvalue weighted by atomic mass is 19.1. The lowest BCUT2D eigenvalue weighted by Crippen LogP contribution is -2.27. The summed E-state index contributed by atoms with van der Waals surface area (Å²) in [6.07, 6.45) is 4.37. The summed E-state index contributed by atoms with van der Waals surface area (Å²) in [4.78, 5) is 0. The van der Waals surface area contributed by atoms with Crippen molar-refractivity contribution < 1.29 is 9.13 Å². The molecule has 0 saturated carbocycles. The van der Waals surface area contributed by atoms with E-state index in [9.17, 15) is 4.39 Å². The lowest BCUT2D eigenvalue weighted by atomic mass is 10.0. The summed E-state index contributed by atoms with van der Waals surface area (Å²) in [5.74, 6) is 0.0265. The van der Waals surface area contributed by atoms with E-state index in [0.717, 1.165) is 18.4 Å². The zero-order valence-electron chi connectivity index (χ0n) is 10.9. The minimum absolute atomic E-state index is 0.282. The normalized spacial score (nSPS) is 12.5. The average Bonchev–Trinajstić information content (AvgIpc) is 2.34. The smallest absolute Gasteiger partial charge is 0.165 e. The van der Waals surface area contributed by atoms with E-state index in [1.807, 2.05) is 13.1 Å². The summed E-state index contributed by atoms with van der Waals surface area (Å²) >= 11 is 0.